The number of quaternary nitrogens is 2. The number of Topliss-reactive ketones (excluding diaryl/α,β-unsaturated/α-hetero) is 1. The fourth-order valence-electron chi connectivity index (χ4n) is 2.81. The predicted molar refractivity (Wildman–Crippen MR) is 89.0 cm³/mol. The summed E-state index contributed by atoms with van der Waals surface area (Å²) in [6, 6.07) is 10.3. The molecule has 0 saturated carbocycles. The maximum Gasteiger partial charge on any atom is 0.197 e. The Balaban J connectivity index is 0. The highest BCUT2D eigenvalue weighted by Gasteiger charge is 2.28. The Labute approximate surface area is 158 Å². The second-order valence-corrected chi connectivity index (χ2v) is 6.63. The van der Waals surface area contributed by atoms with Crippen LogP contribution in [-0.4, -0.2) is 43.2 Å². The molecule has 0 saturated heterocycles. The van der Waals surface area contributed by atoms with E-state index in [0.29, 0.717) is 24.3 Å². The molecule has 1 aromatic carbocycles. The van der Waals surface area contributed by atoms with Crippen LogP contribution in [0, 0.1) is 0 Å². The van der Waals surface area contributed by atoms with E-state index in [9.17, 15) is 4.79 Å². The summed E-state index contributed by atoms with van der Waals surface area (Å²) in [5, 5.41) is 0. The quantitative estimate of drug-likeness (QED) is 0.421. The van der Waals surface area contributed by atoms with Crippen LogP contribution in [-0.2, 0) is 4.74 Å². The van der Waals surface area contributed by atoms with E-state index < -0.39 is 6.10 Å². The minimum Gasteiger partial charge on any atom is -1.00 e. The van der Waals surface area contributed by atoms with E-state index >= 15 is 0 Å². The number of benzene rings is 1. The fraction of sp³-hybridized carbons (Fsp3) is 0.611. The number of hydrogen-bond donors (Lipinski definition) is 2. The van der Waals surface area contributed by atoms with E-state index in [2.05, 4.69) is 33.4 Å². The Kier molecular flexibility index (Phi) is 13.5. The largest absolute Gasteiger partial charge is 1.00 e. The maximum absolute atomic E-state index is 12.6. The lowest BCUT2D eigenvalue weighted by atomic mass is 10.0. The highest BCUT2D eigenvalue weighted by molar-refractivity contribution is 5.99. The zero-order chi connectivity index (χ0) is 16.7. The lowest BCUT2D eigenvalue weighted by molar-refractivity contribution is -0.942. The van der Waals surface area contributed by atoms with Gasteiger partial charge in [0.25, 0.3) is 0 Å². The van der Waals surface area contributed by atoms with Gasteiger partial charge in [-0.15, -0.1) is 0 Å². The predicted octanol–water partition coefficient (Wildman–Crippen LogP) is -5.41. The van der Waals surface area contributed by atoms with Crippen molar-refractivity contribution in [3.63, 3.8) is 0 Å². The molecule has 0 bridgehead atoms. The minimum atomic E-state index is -0.469. The third-order valence-corrected chi connectivity index (χ3v) is 4.00. The number of ketones is 1. The molecule has 2 atom stereocenters. The molecule has 0 aliphatic heterocycles. The molecule has 0 aliphatic rings. The summed E-state index contributed by atoms with van der Waals surface area (Å²) in [5.41, 5.74) is 4.70. The van der Waals surface area contributed by atoms with Crippen LogP contribution in [0.5, 0.6) is 0 Å². The lowest BCUT2D eigenvalue weighted by Crippen LogP contribution is -3.18. The number of carbonyl (C=O) groups is 1. The van der Waals surface area contributed by atoms with Crippen molar-refractivity contribution in [2.45, 2.75) is 58.8 Å². The summed E-state index contributed by atoms with van der Waals surface area (Å²) < 4.78 is 5.92. The number of halogens is 2. The molecule has 2 unspecified atom stereocenters. The zero-order valence-electron chi connectivity index (χ0n) is 15.4. The van der Waals surface area contributed by atoms with Gasteiger partial charge in [0.15, 0.2) is 11.9 Å². The average molecular weight is 379 g/mol. The van der Waals surface area contributed by atoms with Gasteiger partial charge in [0.2, 0.25) is 0 Å². The van der Waals surface area contributed by atoms with Gasteiger partial charge in [-0.25, -0.2) is 0 Å². The zero-order valence-corrected chi connectivity index (χ0v) is 16.9. The van der Waals surface area contributed by atoms with Gasteiger partial charge in [0.1, 0.15) is 12.6 Å². The molecule has 0 fully saturated rings. The number of nitrogens with one attached hydrogen (secondary N) is 1. The summed E-state index contributed by atoms with van der Waals surface area (Å²) in [4.78, 5) is 14.0. The smallest absolute Gasteiger partial charge is 0.197 e. The molecular weight excluding hydrogens is 347 g/mol. The van der Waals surface area contributed by atoms with Crippen molar-refractivity contribution in [1.82, 2.24) is 0 Å². The summed E-state index contributed by atoms with van der Waals surface area (Å²) in [7, 11) is 0. The van der Waals surface area contributed by atoms with Crippen molar-refractivity contribution in [3.05, 3.63) is 35.9 Å². The monoisotopic (exact) mass is 378 g/mol. The first kappa shape index (κ1) is 25.6. The second kappa shape index (κ2) is 12.7. The van der Waals surface area contributed by atoms with Gasteiger partial charge < -0.3 is 40.2 Å². The van der Waals surface area contributed by atoms with Crippen molar-refractivity contribution in [1.29, 1.82) is 0 Å². The van der Waals surface area contributed by atoms with Crippen molar-refractivity contribution < 1.29 is 45.0 Å². The molecule has 0 heterocycles. The van der Waals surface area contributed by atoms with Gasteiger partial charge >= 0.3 is 0 Å². The first-order chi connectivity index (χ1) is 10.3. The highest BCUT2D eigenvalue weighted by Crippen LogP contribution is 2.08. The maximum atomic E-state index is 12.6. The van der Waals surface area contributed by atoms with E-state index in [1.54, 1.807) is 0 Å². The third kappa shape index (κ3) is 7.95. The van der Waals surface area contributed by atoms with Gasteiger partial charge in [-0.3, -0.25) is 4.79 Å². The Morgan fingerprint density at radius 3 is 1.96 bits per heavy atom. The van der Waals surface area contributed by atoms with Crippen LogP contribution >= 0.6 is 0 Å². The van der Waals surface area contributed by atoms with Crippen molar-refractivity contribution >= 4 is 5.78 Å². The lowest BCUT2D eigenvalue weighted by Gasteiger charge is -2.28. The van der Waals surface area contributed by atoms with Crippen LogP contribution in [0.15, 0.2) is 30.3 Å². The van der Waals surface area contributed by atoms with Gasteiger partial charge in [0, 0.05) is 5.56 Å². The molecule has 4 N–H and O–H groups in total. The van der Waals surface area contributed by atoms with E-state index in [-0.39, 0.29) is 36.6 Å². The molecule has 140 valence electrons. The van der Waals surface area contributed by atoms with Crippen LogP contribution in [0.2, 0.25) is 0 Å². The minimum absolute atomic E-state index is 0. The van der Waals surface area contributed by atoms with Crippen molar-refractivity contribution in [2.75, 3.05) is 13.2 Å². The Hall–Kier alpha value is -0.650. The van der Waals surface area contributed by atoms with E-state index in [1.807, 2.05) is 37.3 Å². The molecule has 1 rings (SSSR count). The second-order valence-electron chi connectivity index (χ2n) is 6.63. The Bertz CT molecular complexity index is 446. The van der Waals surface area contributed by atoms with Gasteiger partial charge in [-0.05, 0) is 34.6 Å². The molecule has 0 radical (unpaired) electrons. The van der Waals surface area contributed by atoms with Crippen LogP contribution in [0.25, 0.3) is 0 Å². The SMILES string of the molecule is CC([NH3+])C(OCC[NH+](C(C)C)C(C)C)C(=O)c1ccccc1.[Cl-].[Cl-]. The Morgan fingerprint density at radius 2 is 1.54 bits per heavy atom. The van der Waals surface area contributed by atoms with Gasteiger partial charge in [-0.1, -0.05) is 30.3 Å². The molecule has 4 nitrogen and oxygen atoms in total. The normalized spacial score (nSPS) is 13.4. The Morgan fingerprint density at radius 1 is 1.04 bits per heavy atom. The van der Waals surface area contributed by atoms with Gasteiger partial charge in [-0.2, -0.15) is 0 Å². The molecule has 1 aromatic rings. The molecule has 24 heavy (non-hydrogen) atoms. The van der Waals surface area contributed by atoms with Gasteiger partial charge in [0.05, 0.1) is 18.7 Å². The van der Waals surface area contributed by atoms with Crippen molar-refractivity contribution in [3.8, 4) is 0 Å². The standard InChI is InChI=1S/C18H30N2O2.2ClH/c1-13(2)20(14(3)4)11-12-22-18(15(5)19)17(21)16-9-7-6-8-10-16;;/h6-10,13-15,18H,11-12,19H2,1-5H3;2*1H. The number of rotatable bonds is 9. The van der Waals surface area contributed by atoms with Crippen LogP contribution < -0.4 is 35.4 Å². The molecule has 0 spiro atoms. The van der Waals surface area contributed by atoms with E-state index in [1.165, 1.54) is 4.90 Å². The molecular formula is C18H32Cl2N2O2. The first-order valence-corrected chi connectivity index (χ1v) is 8.24. The molecule has 0 aliphatic carbocycles. The number of hydrogen-bond acceptors (Lipinski definition) is 2. The molecule has 6 heteroatoms. The topological polar surface area (TPSA) is 58.4 Å². The number of carbonyl (C=O) groups excluding carboxylic acids is 1. The molecule has 0 aromatic heterocycles. The fourth-order valence-corrected chi connectivity index (χ4v) is 2.81. The number of ether oxygens (including phenoxy) is 1. The van der Waals surface area contributed by atoms with Crippen LogP contribution in [0.3, 0.4) is 0 Å². The summed E-state index contributed by atoms with van der Waals surface area (Å²) in [6.45, 7) is 12.3. The first-order valence-electron chi connectivity index (χ1n) is 8.24. The molecule has 0 amide bonds. The third-order valence-electron chi connectivity index (χ3n) is 4.00. The summed E-state index contributed by atoms with van der Waals surface area (Å²) >= 11 is 0. The van der Waals surface area contributed by atoms with Crippen LogP contribution in [0.1, 0.15) is 45.0 Å². The van der Waals surface area contributed by atoms with E-state index in [0.717, 1.165) is 6.54 Å². The average Bonchev–Trinajstić information content (AvgIpc) is 2.46. The van der Waals surface area contributed by atoms with E-state index in [4.69, 9.17) is 4.74 Å². The van der Waals surface area contributed by atoms with Crippen LogP contribution in [0.4, 0.5) is 0 Å². The van der Waals surface area contributed by atoms with Crippen molar-refractivity contribution in [2.24, 2.45) is 0 Å². The summed E-state index contributed by atoms with van der Waals surface area (Å²) in [6.07, 6.45) is -0.469. The summed E-state index contributed by atoms with van der Waals surface area (Å²) in [5.74, 6) is 0.0266. The highest BCUT2D eigenvalue weighted by atomic mass is 35.5.